The normalized spacial score (nSPS) is 22.5. The second kappa shape index (κ2) is 14.1. The average molecular weight is 535 g/mol. The van der Waals surface area contributed by atoms with E-state index in [9.17, 15) is 19.2 Å². The van der Waals surface area contributed by atoms with E-state index in [1.807, 2.05) is 33.8 Å². The van der Waals surface area contributed by atoms with Gasteiger partial charge >= 0.3 is 5.97 Å². The SMILES string of the molecule is COC(=O)C1CCCN1C(=O)/C(C)=C/[C@H](C(C)C)N(C)C(=O)C(NC(=O)C1CCCCN1C(C)C)C(C)C. The molecule has 2 aliphatic rings. The monoisotopic (exact) mass is 534 g/mol. The molecule has 1 N–H and O–H groups in total. The summed E-state index contributed by atoms with van der Waals surface area (Å²) in [4.78, 5) is 58.0. The number of amides is 3. The van der Waals surface area contributed by atoms with Gasteiger partial charge in [0.15, 0.2) is 0 Å². The summed E-state index contributed by atoms with van der Waals surface area (Å²) in [6.45, 7) is 15.2. The van der Waals surface area contributed by atoms with Crippen LogP contribution in [-0.2, 0) is 23.9 Å². The van der Waals surface area contributed by atoms with Crippen LogP contribution >= 0.6 is 0 Å². The third-order valence-electron chi connectivity index (χ3n) is 7.96. The van der Waals surface area contributed by atoms with Crippen molar-refractivity contribution in [2.24, 2.45) is 11.8 Å². The van der Waals surface area contributed by atoms with Crippen molar-refractivity contribution in [3.05, 3.63) is 11.6 Å². The van der Waals surface area contributed by atoms with Crippen molar-refractivity contribution in [3.8, 4) is 0 Å². The summed E-state index contributed by atoms with van der Waals surface area (Å²) in [6, 6.07) is -1.57. The summed E-state index contributed by atoms with van der Waals surface area (Å²) in [5, 5.41) is 3.07. The molecule has 0 bridgehead atoms. The van der Waals surface area contributed by atoms with E-state index in [2.05, 4.69) is 24.1 Å². The van der Waals surface area contributed by atoms with Crippen LogP contribution in [0.5, 0.6) is 0 Å². The Morgan fingerprint density at radius 3 is 2.11 bits per heavy atom. The van der Waals surface area contributed by atoms with Crippen molar-refractivity contribution in [2.75, 3.05) is 27.2 Å². The summed E-state index contributed by atoms with van der Waals surface area (Å²) in [5.41, 5.74) is 0.485. The van der Waals surface area contributed by atoms with Gasteiger partial charge in [-0.1, -0.05) is 40.2 Å². The van der Waals surface area contributed by atoms with Crippen molar-refractivity contribution in [2.45, 2.75) is 111 Å². The third kappa shape index (κ3) is 7.58. The van der Waals surface area contributed by atoms with Crippen LogP contribution in [0, 0.1) is 11.8 Å². The molecular formula is C29H50N4O5. The van der Waals surface area contributed by atoms with Crippen LogP contribution in [0.1, 0.15) is 80.6 Å². The lowest BCUT2D eigenvalue weighted by molar-refractivity contribution is -0.149. The van der Waals surface area contributed by atoms with E-state index in [1.54, 1.807) is 23.8 Å². The largest absolute Gasteiger partial charge is 0.467 e. The summed E-state index contributed by atoms with van der Waals surface area (Å²) < 4.78 is 4.88. The Bertz CT molecular complexity index is 884. The van der Waals surface area contributed by atoms with E-state index in [1.165, 1.54) is 7.11 Å². The first-order chi connectivity index (χ1) is 17.8. The highest BCUT2D eigenvalue weighted by atomic mass is 16.5. The van der Waals surface area contributed by atoms with Crippen LogP contribution in [-0.4, -0.2) is 95.8 Å². The molecule has 2 rings (SSSR count). The van der Waals surface area contributed by atoms with E-state index in [4.69, 9.17) is 4.74 Å². The summed E-state index contributed by atoms with van der Waals surface area (Å²) >= 11 is 0. The topological polar surface area (TPSA) is 99.3 Å². The zero-order valence-corrected chi connectivity index (χ0v) is 25.0. The van der Waals surface area contributed by atoms with Crippen LogP contribution in [0.4, 0.5) is 0 Å². The number of carbonyl (C=O) groups excluding carboxylic acids is 4. The minimum atomic E-state index is -0.670. The fourth-order valence-electron chi connectivity index (χ4n) is 5.68. The number of likely N-dealkylation sites (tertiary alicyclic amines) is 2. The minimum absolute atomic E-state index is 0.0278. The molecule has 2 aliphatic heterocycles. The van der Waals surface area contributed by atoms with E-state index in [-0.39, 0.29) is 47.7 Å². The Hall–Kier alpha value is -2.42. The van der Waals surface area contributed by atoms with Crippen molar-refractivity contribution < 1.29 is 23.9 Å². The smallest absolute Gasteiger partial charge is 0.328 e. The molecule has 0 saturated carbocycles. The van der Waals surface area contributed by atoms with Gasteiger partial charge in [-0.3, -0.25) is 19.3 Å². The second-order valence-corrected chi connectivity index (χ2v) is 11.8. The molecule has 2 heterocycles. The molecule has 3 unspecified atom stereocenters. The van der Waals surface area contributed by atoms with Gasteiger partial charge in [-0.15, -0.1) is 0 Å². The van der Waals surface area contributed by atoms with Crippen LogP contribution in [0.15, 0.2) is 11.6 Å². The molecule has 38 heavy (non-hydrogen) atoms. The number of nitrogens with zero attached hydrogens (tertiary/aromatic N) is 3. The Labute approximate surface area is 229 Å². The number of ether oxygens (including phenoxy) is 1. The van der Waals surface area contributed by atoms with Gasteiger partial charge in [0.25, 0.3) is 0 Å². The maximum atomic E-state index is 13.8. The van der Waals surface area contributed by atoms with Crippen molar-refractivity contribution >= 4 is 23.7 Å². The first-order valence-corrected chi connectivity index (χ1v) is 14.2. The number of nitrogens with one attached hydrogen (secondary N) is 1. The van der Waals surface area contributed by atoms with Crippen molar-refractivity contribution in [3.63, 3.8) is 0 Å². The molecule has 9 nitrogen and oxygen atoms in total. The number of likely N-dealkylation sites (N-methyl/N-ethyl adjacent to an activating group) is 1. The Kier molecular flexibility index (Phi) is 11.8. The van der Waals surface area contributed by atoms with Crippen LogP contribution in [0.2, 0.25) is 0 Å². The lowest BCUT2D eigenvalue weighted by Gasteiger charge is -2.39. The van der Waals surface area contributed by atoms with Gasteiger partial charge in [-0.2, -0.15) is 0 Å². The molecule has 0 radical (unpaired) electrons. The molecule has 0 aliphatic carbocycles. The Balaban J connectivity index is 2.21. The zero-order chi connectivity index (χ0) is 28.7. The predicted octanol–water partition coefficient (Wildman–Crippen LogP) is 2.98. The van der Waals surface area contributed by atoms with Gasteiger partial charge in [0.1, 0.15) is 12.1 Å². The number of rotatable bonds is 10. The van der Waals surface area contributed by atoms with Gasteiger partial charge in [0.05, 0.1) is 19.2 Å². The number of methoxy groups -OCH3 is 1. The van der Waals surface area contributed by atoms with Gasteiger partial charge in [0, 0.05) is 25.2 Å². The number of carbonyl (C=O) groups is 4. The first-order valence-electron chi connectivity index (χ1n) is 14.2. The molecule has 0 aromatic carbocycles. The molecular weight excluding hydrogens is 484 g/mol. The highest BCUT2D eigenvalue weighted by Crippen LogP contribution is 2.24. The van der Waals surface area contributed by atoms with E-state index in [0.29, 0.717) is 18.5 Å². The lowest BCUT2D eigenvalue weighted by atomic mass is 9.95. The number of hydrogen-bond donors (Lipinski definition) is 1. The quantitative estimate of drug-likeness (QED) is 0.342. The van der Waals surface area contributed by atoms with Gasteiger partial charge < -0.3 is 19.9 Å². The van der Waals surface area contributed by atoms with Gasteiger partial charge in [0.2, 0.25) is 17.7 Å². The molecule has 9 heteroatoms. The van der Waals surface area contributed by atoms with E-state index >= 15 is 0 Å². The van der Waals surface area contributed by atoms with E-state index in [0.717, 1.165) is 32.2 Å². The van der Waals surface area contributed by atoms with Crippen LogP contribution < -0.4 is 5.32 Å². The maximum absolute atomic E-state index is 13.8. The number of esters is 1. The predicted molar refractivity (Wildman–Crippen MR) is 148 cm³/mol. The maximum Gasteiger partial charge on any atom is 0.328 e. The van der Waals surface area contributed by atoms with Crippen molar-refractivity contribution in [1.82, 2.24) is 20.0 Å². The molecule has 0 spiro atoms. The first kappa shape index (κ1) is 31.8. The second-order valence-electron chi connectivity index (χ2n) is 11.8. The summed E-state index contributed by atoms with van der Waals surface area (Å²) in [5.74, 6) is -0.964. The highest BCUT2D eigenvalue weighted by molar-refractivity contribution is 5.96. The Morgan fingerprint density at radius 2 is 1.55 bits per heavy atom. The average Bonchev–Trinajstić information content (AvgIpc) is 3.37. The van der Waals surface area contributed by atoms with E-state index < -0.39 is 18.1 Å². The number of hydrogen-bond acceptors (Lipinski definition) is 6. The fourth-order valence-corrected chi connectivity index (χ4v) is 5.68. The zero-order valence-electron chi connectivity index (χ0n) is 25.0. The Morgan fingerprint density at radius 1 is 0.921 bits per heavy atom. The fraction of sp³-hybridized carbons (Fsp3) is 0.793. The minimum Gasteiger partial charge on any atom is -0.467 e. The van der Waals surface area contributed by atoms with Crippen LogP contribution in [0.3, 0.4) is 0 Å². The third-order valence-corrected chi connectivity index (χ3v) is 7.96. The lowest BCUT2D eigenvalue weighted by Crippen LogP contribution is -2.58. The molecule has 0 aromatic heterocycles. The van der Waals surface area contributed by atoms with Crippen molar-refractivity contribution in [1.29, 1.82) is 0 Å². The summed E-state index contributed by atoms with van der Waals surface area (Å²) in [7, 11) is 3.07. The number of piperidine rings is 1. The molecule has 2 saturated heterocycles. The van der Waals surface area contributed by atoms with Crippen LogP contribution in [0.25, 0.3) is 0 Å². The molecule has 4 atom stereocenters. The van der Waals surface area contributed by atoms with Gasteiger partial charge in [-0.05, 0) is 64.8 Å². The van der Waals surface area contributed by atoms with Gasteiger partial charge in [-0.25, -0.2) is 4.79 Å². The molecule has 3 amide bonds. The summed E-state index contributed by atoms with van der Waals surface area (Å²) in [6.07, 6.45) is 6.02. The molecule has 216 valence electrons. The molecule has 2 fully saturated rings. The molecule has 0 aromatic rings. The highest BCUT2D eigenvalue weighted by Gasteiger charge is 2.38. The standard InChI is InChI=1S/C29H50N4O5/c1-18(2)24(17-21(7)27(35)33-16-12-14-23(33)29(37)38-9)31(8)28(36)25(19(3)4)30-26(34)22-13-10-11-15-32(22)20(5)6/h17-20,22-25H,10-16H2,1-9H3,(H,30,34)/b21-17+/t22?,23?,24-,25?/m1/s1.